The standard InChI is InChI=1S/C21H15O.C2H6O.CH5N/c1-2-5-16(6-3-1)17-8-10-18(11-9-17)19-12-13-21-20(15-19)7-4-14-22-21;1-3-2;1-2/h1-15H;1-2H3;2H2,1H3/q+1;;. The summed E-state index contributed by atoms with van der Waals surface area (Å²) in [4.78, 5) is 0. The topological polar surface area (TPSA) is 46.5 Å². The Hall–Kier alpha value is -3.01. The van der Waals surface area contributed by atoms with E-state index in [2.05, 4.69) is 77.2 Å². The molecule has 0 bridgehead atoms. The maximum absolute atomic E-state index is 5.48. The van der Waals surface area contributed by atoms with Gasteiger partial charge in [0.1, 0.15) is 0 Å². The van der Waals surface area contributed by atoms with Crippen molar-refractivity contribution in [1.82, 2.24) is 0 Å². The maximum atomic E-state index is 5.48. The lowest BCUT2D eigenvalue weighted by Crippen LogP contribution is -1.81. The Kier molecular flexibility index (Phi) is 8.17. The summed E-state index contributed by atoms with van der Waals surface area (Å²) in [6.45, 7) is 0. The molecule has 0 fully saturated rings. The number of nitrogens with two attached hydrogens (primary N) is 1. The molecule has 27 heavy (non-hydrogen) atoms. The molecule has 0 radical (unpaired) electrons. The van der Waals surface area contributed by atoms with Gasteiger partial charge in [0.25, 0.3) is 0 Å². The van der Waals surface area contributed by atoms with Gasteiger partial charge in [0.2, 0.25) is 0 Å². The average molecular weight is 360 g/mol. The third-order valence-electron chi connectivity index (χ3n) is 3.88. The second-order valence-corrected chi connectivity index (χ2v) is 5.72. The number of fused-ring (bicyclic) bond motifs is 1. The van der Waals surface area contributed by atoms with E-state index in [1.54, 1.807) is 20.5 Å². The normalized spacial score (nSPS) is 9.63. The fraction of sp³-hybridized carbons (Fsp3) is 0.125. The molecule has 138 valence electrons. The van der Waals surface area contributed by atoms with Gasteiger partial charge in [0.05, 0.1) is 5.39 Å². The number of rotatable bonds is 2. The Labute approximate surface area is 161 Å². The van der Waals surface area contributed by atoms with Crippen LogP contribution in [0.4, 0.5) is 0 Å². The van der Waals surface area contributed by atoms with Crippen molar-refractivity contribution in [2.75, 3.05) is 21.3 Å². The second kappa shape index (κ2) is 10.9. The van der Waals surface area contributed by atoms with Crippen molar-refractivity contribution < 1.29 is 9.15 Å². The molecule has 1 heterocycles. The SMILES string of the molecule is CN.COC.c1ccc(-c2ccc(-c3ccc4[o+]cccc4c3)cc2)cc1. The molecule has 3 heteroatoms. The van der Waals surface area contributed by atoms with Crippen LogP contribution in [0.3, 0.4) is 0 Å². The highest BCUT2D eigenvalue weighted by atomic mass is 16.4. The van der Waals surface area contributed by atoms with Gasteiger partial charge in [-0.15, -0.1) is 0 Å². The predicted octanol–water partition coefficient (Wildman–Crippen LogP) is 5.89. The third kappa shape index (κ3) is 5.48. The number of hydrogen-bond donors (Lipinski definition) is 1. The zero-order valence-electron chi connectivity index (χ0n) is 16.1. The highest BCUT2D eigenvalue weighted by molar-refractivity contribution is 5.83. The van der Waals surface area contributed by atoms with E-state index in [4.69, 9.17) is 4.42 Å². The Morgan fingerprint density at radius 3 is 1.78 bits per heavy atom. The zero-order chi connectivity index (χ0) is 19.5. The van der Waals surface area contributed by atoms with E-state index in [1.165, 1.54) is 29.3 Å². The lowest BCUT2D eigenvalue weighted by atomic mass is 9.99. The van der Waals surface area contributed by atoms with Crippen LogP contribution in [0, 0.1) is 0 Å². The zero-order valence-corrected chi connectivity index (χ0v) is 16.1. The monoisotopic (exact) mass is 360 g/mol. The molecule has 0 aliphatic heterocycles. The van der Waals surface area contributed by atoms with Crippen molar-refractivity contribution in [3.8, 4) is 22.3 Å². The van der Waals surface area contributed by atoms with Crippen LogP contribution >= 0.6 is 0 Å². The average Bonchev–Trinajstić information content (AvgIpc) is 2.76. The summed E-state index contributed by atoms with van der Waals surface area (Å²) >= 11 is 0. The molecule has 0 atom stereocenters. The van der Waals surface area contributed by atoms with Crippen LogP contribution in [0.2, 0.25) is 0 Å². The van der Waals surface area contributed by atoms with E-state index >= 15 is 0 Å². The molecule has 0 amide bonds. The van der Waals surface area contributed by atoms with Gasteiger partial charge in [0.15, 0.2) is 0 Å². The van der Waals surface area contributed by atoms with Gasteiger partial charge in [-0.2, -0.15) is 0 Å². The van der Waals surface area contributed by atoms with E-state index in [9.17, 15) is 0 Å². The van der Waals surface area contributed by atoms with Crippen LogP contribution < -0.4 is 5.73 Å². The Bertz CT molecular complexity index is 935. The van der Waals surface area contributed by atoms with Crippen LogP contribution in [0.25, 0.3) is 33.2 Å². The summed E-state index contributed by atoms with van der Waals surface area (Å²) in [7, 11) is 4.75. The summed E-state index contributed by atoms with van der Waals surface area (Å²) in [6.07, 6.45) is 1.71. The molecule has 4 rings (SSSR count). The number of hydrogen-bond acceptors (Lipinski definition) is 2. The van der Waals surface area contributed by atoms with Crippen LogP contribution in [0.1, 0.15) is 0 Å². The molecular weight excluding hydrogens is 334 g/mol. The smallest absolute Gasteiger partial charge is 0.359 e. The van der Waals surface area contributed by atoms with E-state index in [-0.39, 0.29) is 0 Å². The number of ether oxygens (including phenoxy) is 1. The van der Waals surface area contributed by atoms with Gasteiger partial charge in [-0.25, -0.2) is 4.42 Å². The van der Waals surface area contributed by atoms with Crippen molar-refractivity contribution in [3.63, 3.8) is 0 Å². The first-order valence-electron chi connectivity index (χ1n) is 8.76. The van der Waals surface area contributed by atoms with Crippen LogP contribution in [0.15, 0.2) is 95.6 Å². The first-order chi connectivity index (χ1) is 13.3. The highest BCUT2D eigenvalue weighted by Crippen LogP contribution is 2.27. The van der Waals surface area contributed by atoms with Gasteiger partial charge in [-0.05, 0) is 47.5 Å². The van der Waals surface area contributed by atoms with Crippen LogP contribution in [-0.2, 0) is 4.74 Å². The Balaban J connectivity index is 0.000000478. The van der Waals surface area contributed by atoms with Crippen molar-refractivity contribution in [3.05, 3.63) is 91.2 Å². The second-order valence-electron chi connectivity index (χ2n) is 5.72. The summed E-state index contributed by atoms with van der Waals surface area (Å²) in [5.41, 5.74) is 10.3. The fourth-order valence-corrected chi connectivity index (χ4v) is 2.71. The number of benzene rings is 3. The van der Waals surface area contributed by atoms with Gasteiger partial charge >= 0.3 is 11.8 Å². The molecule has 2 N–H and O–H groups in total. The van der Waals surface area contributed by atoms with E-state index in [0.717, 1.165) is 11.0 Å². The van der Waals surface area contributed by atoms with Crippen molar-refractivity contribution in [1.29, 1.82) is 0 Å². The molecular formula is C24H26NO2+. The maximum Gasteiger partial charge on any atom is 0.359 e. The lowest BCUT2D eigenvalue weighted by molar-refractivity contribution is 0.277. The quantitative estimate of drug-likeness (QED) is 0.454. The molecule has 0 aliphatic carbocycles. The predicted molar refractivity (Wildman–Crippen MR) is 115 cm³/mol. The first-order valence-corrected chi connectivity index (χ1v) is 8.76. The number of methoxy groups -OCH3 is 1. The molecule has 0 saturated heterocycles. The van der Waals surface area contributed by atoms with E-state index in [1.807, 2.05) is 18.2 Å². The molecule has 3 nitrogen and oxygen atoms in total. The molecule has 1 aromatic heterocycles. The minimum absolute atomic E-state index is 0.909. The van der Waals surface area contributed by atoms with Crippen LogP contribution in [-0.4, -0.2) is 21.3 Å². The molecule has 0 aliphatic rings. The molecule has 0 unspecified atom stereocenters. The summed E-state index contributed by atoms with van der Waals surface area (Å²) in [5, 5.41) is 1.12. The Morgan fingerprint density at radius 1 is 0.630 bits per heavy atom. The lowest BCUT2D eigenvalue weighted by Gasteiger charge is -2.05. The van der Waals surface area contributed by atoms with Gasteiger partial charge in [0, 0.05) is 26.4 Å². The molecule has 0 saturated carbocycles. The first kappa shape index (κ1) is 20.3. The van der Waals surface area contributed by atoms with Gasteiger partial charge in [-0.3, -0.25) is 0 Å². The molecule has 0 spiro atoms. The Morgan fingerprint density at radius 2 is 1.15 bits per heavy atom. The van der Waals surface area contributed by atoms with E-state index < -0.39 is 0 Å². The fourth-order valence-electron chi connectivity index (χ4n) is 2.71. The van der Waals surface area contributed by atoms with E-state index in [0.29, 0.717) is 0 Å². The minimum Gasteiger partial charge on any atom is -0.388 e. The van der Waals surface area contributed by atoms with Gasteiger partial charge in [-0.1, -0.05) is 54.6 Å². The van der Waals surface area contributed by atoms with Gasteiger partial charge < -0.3 is 10.5 Å². The largest absolute Gasteiger partial charge is 0.388 e. The minimum atomic E-state index is 0.909. The van der Waals surface area contributed by atoms with Crippen molar-refractivity contribution >= 4 is 11.0 Å². The van der Waals surface area contributed by atoms with Crippen LogP contribution in [0.5, 0.6) is 0 Å². The highest BCUT2D eigenvalue weighted by Gasteiger charge is 2.06. The summed E-state index contributed by atoms with van der Waals surface area (Å²) < 4.78 is 9.73. The van der Waals surface area contributed by atoms with Crippen molar-refractivity contribution in [2.24, 2.45) is 5.73 Å². The van der Waals surface area contributed by atoms with Crippen molar-refractivity contribution in [2.45, 2.75) is 0 Å². The molecule has 4 aromatic rings. The summed E-state index contributed by atoms with van der Waals surface area (Å²) in [6, 6.07) is 29.4. The molecule has 3 aromatic carbocycles. The third-order valence-corrected chi connectivity index (χ3v) is 3.88. The summed E-state index contributed by atoms with van der Waals surface area (Å²) in [5.74, 6) is 0.